The van der Waals surface area contributed by atoms with E-state index in [1.807, 2.05) is 0 Å². The van der Waals surface area contributed by atoms with Crippen LogP contribution in [0.15, 0.2) is 12.2 Å². The highest BCUT2D eigenvalue weighted by atomic mass is 16.1. The third-order valence-corrected chi connectivity index (χ3v) is 0.421. The third-order valence-electron chi connectivity index (χ3n) is 0.421. The van der Waals surface area contributed by atoms with E-state index in [1.54, 1.807) is 21.0 Å². The van der Waals surface area contributed by atoms with Crippen molar-refractivity contribution in [3.63, 3.8) is 0 Å². The Morgan fingerprint density at radius 2 is 1.60 bits per heavy atom. The van der Waals surface area contributed by atoms with Gasteiger partial charge in [-0.3, -0.25) is 15.6 Å². The minimum Gasteiger partial charge on any atom is -0.366 e. The Balaban J connectivity index is 0. The molecule has 0 fully saturated rings. The molecule has 0 atom stereocenters. The average molecular weight is 145 g/mol. The van der Waals surface area contributed by atoms with Crippen LogP contribution in [0.1, 0.15) is 6.92 Å². The maximum absolute atomic E-state index is 9.82. The molecule has 0 aliphatic carbocycles. The summed E-state index contributed by atoms with van der Waals surface area (Å²) >= 11 is 0. The van der Waals surface area contributed by atoms with Crippen LogP contribution in [0.3, 0.4) is 0 Å². The summed E-state index contributed by atoms with van der Waals surface area (Å²) in [5.74, 6) is 4.51. The summed E-state index contributed by atoms with van der Waals surface area (Å²) in [5.41, 5.74) is 5.09. The van der Waals surface area contributed by atoms with Gasteiger partial charge < -0.3 is 5.73 Å². The summed E-state index contributed by atoms with van der Waals surface area (Å²) in [7, 11) is 3.56. The molecule has 0 saturated carbocycles. The SMILES string of the molecule is C=C(C)C(N)=O.CN(C)N. The van der Waals surface area contributed by atoms with Crippen molar-refractivity contribution in [3.8, 4) is 0 Å². The molecule has 0 saturated heterocycles. The molecule has 1 amide bonds. The van der Waals surface area contributed by atoms with Gasteiger partial charge in [0.25, 0.3) is 0 Å². The van der Waals surface area contributed by atoms with Gasteiger partial charge in [-0.15, -0.1) is 0 Å². The number of nitrogens with zero attached hydrogens (tertiary/aromatic N) is 1. The summed E-state index contributed by atoms with van der Waals surface area (Å²) in [4.78, 5) is 9.82. The van der Waals surface area contributed by atoms with E-state index in [0.717, 1.165) is 0 Å². The molecule has 0 spiro atoms. The monoisotopic (exact) mass is 145 g/mol. The Hall–Kier alpha value is -0.870. The second-order valence-corrected chi connectivity index (χ2v) is 2.11. The average Bonchev–Trinajstić information content (AvgIpc) is 1.63. The molecule has 0 bridgehead atoms. The fourth-order valence-electron chi connectivity index (χ4n) is 0. The van der Waals surface area contributed by atoms with E-state index in [2.05, 4.69) is 6.58 Å². The number of carbonyl (C=O) groups excluding carboxylic acids is 1. The van der Waals surface area contributed by atoms with Gasteiger partial charge in [-0.2, -0.15) is 0 Å². The molecule has 0 radical (unpaired) electrons. The maximum atomic E-state index is 9.82. The van der Waals surface area contributed by atoms with E-state index in [0.29, 0.717) is 5.57 Å². The Labute approximate surface area is 61.5 Å². The van der Waals surface area contributed by atoms with Gasteiger partial charge in [0.1, 0.15) is 0 Å². The smallest absolute Gasteiger partial charge is 0.243 e. The summed E-state index contributed by atoms with van der Waals surface area (Å²) < 4.78 is 0. The highest BCUT2D eigenvalue weighted by molar-refractivity contribution is 5.90. The van der Waals surface area contributed by atoms with Gasteiger partial charge in [0.2, 0.25) is 5.91 Å². The molecule has 0 unspecified atom stereocenters. The first kappa shape index (κ1) is 11.9. The Morgan fingerprint density at radius 3 is 1.60 bits per heavy atom. The molecule has 0 rings (SSSR count). The maximum Gasteiger partial charge on any atom is 0.243 e. The van der Waals surface area contributed by atoms with E-state index >= 15 is 0 Å². The summed E-state index contributed by atoms with van der Waals surface area (Å²) in [6.07, 6.45) is 0. The quantitative estimate of drug-likeness (QED) is 0.296. The van der Waals surface area contributed by atoms with Crippen LogP contribution < -0.4 is 11.6 Å². The summed E-state index contributed by atoms with van der Waals surface area (Å²) in [5, 5.41) is 1.50. The van der Waals surface area contributed by atoms with E-state index in [9.17, 15) is 4.79 Å². The molecule has 4 nitrogen and oxygen atoms in total. The van der Waals surface area contributed by atoms with E-state index in [1.165, 1.54) is 5.01 Å². The Bertz CT molecular complexity index is 105. The minimum absolute atomic E-state index is 0.398. The van der Waals surface area contributed by atoms with Crippen molar-refractivity contribution in [1.82, 2.24) is 5.01 Å². The van der Waals surface area contributed by atoms with E-state index in [4.69, 9.17) is 11.6 Å². The topological polar surface area (TPSA) is 72.4 Å². The van der Waals surface area contributed by atoms with Crippen LogP contribution in [0, 0.1) is 0 Å². The highest BCUT2D eigenvalue weighted by Gasteiger charge is 1.86. The van der Waals surface area contributed by atoms with Gasteiger partial charge in [0.15, 0.2) is 0 Å². The molecular weight excluding hydrogens is 130 g/mol. The zero-order valence-electron chi connectivity index (χ0n) is 6.72. The largest absolute Gasteiger partial charge is 0.366 e. The molecule has 0 aliphatic heterocycles. The standard InChI is InChI=1S/C4H7NO.C2H8N2/c1-3(2)4(5)6;1-4(2)3/h1H2,2H3,(H2,5,6);3H2,1-2H3. The molecule has 10 heavy (non-hydrogen) atoms. The number of nitrogens with two attached hydrogens (primary N) is 2. The summed E-state index contributed by atoms with van der Waals surface area (Å²) in [6, 6.07) is 0. The van der Waals surface area contributed by atoms with Crippen LogP contribution in [-0.4, -0.2) is 25.0 Å². The molecule has 0 aromatic carbocycles. The molecule has 0 aliphatic rings. The normalized spacial score (nSPS) is 8.10. The number of primary amides is 1. The first-order valence-electron chi connectivity index (χ1n) is 2.75. The predicted octanol–water partition coefficient (Wildman–Crippen LogP) is -0.530. The first-order valence-corrected chi connectivity index (χ1v) is 2.75. The van der Waals surface area contributed by atoms with Crippen molar-refractivity contribution < 1.29 is 4.79 Å². The lowest BCUT2D eigenvalue weighted by Gasteiger charge is -1.91. The van der Waals surface area contributed by atoms with E-state index < -0.39 is 5.91 Å². The zero-order chi connectivity index (χ0) is 8.73. The molecule has 0 aromatic rings. The van der Waals surface area contributed by atoms with Crippen molar-refractivity contribution in [2.75, 3.05) is 14.1 Å². The van der Waals surface area contributed by atoms with Gasteiger partial charge in [-0.05, 0) is 6.92 Å². The number of hydrazine groups is 1. The molecule has 60 valence electrons. The second kappa shape index (κ2) is 6.25. The lowest BCUT2D eigenvalue weighted by atomic mass is 10.3. The molecule has 0 aromatic heterocycles. The van der Waals surface area contributed by atoms with Gasteiger partial charge >= 0.3 is 0 Å². The first-order chi connectivity index (χ1) is 4.37. The van der Waals surface area contributed by atoms with E-state index in [-0.39, 0.29) is 0 Å². The van der Waals surface area contributed by atoms with Crippen molar-refractivity contribution in [2.45, 2.75) is 6.92 Å². The molecule has 0 heterocycles. The van der Waals surface area contributed by atoms with Crippen molar-refractivity contribution in [1.29, 1.82) is 0 Å². The lowest BCUT2D eigenvalue weighted by Crippen LogP contribution is -2.18. The van der Waals surface area contributed by atoms with Gasteiger partial charge in [-0.1, -0.05) is 6.58 Å². The van der Waals surface area contributed by atoms with Crippen LogP contribution >= 0.6 is 0 Å². The Kier molecular flexibility index (Phi) is 7.42. The Morgan fingerprint density at radius 1 is 1.50 bits per heavy atom. The van der Waals surface area contributed by atoms with Crippen LogP contribution in [0.2, 0.25) is 0 Å². The fraction of sp³-hybridized carbons (Fsp3) is 0.500. The van der Waals surface area contributed by atoms with Crippen molar-refractivity contribution >= 4 is 5.91 Å². The minimum atomic E-state index is -0.435. The van der Waals surface area contributed by atoms with Crippen LogP contribution in [-0.2, 0) is 4.79 Å². The number of amides is 1. The van der Waals surface area contributed by atoms with Gasteiger partial charge in [0.05, 0.1) is 0 Å². The molecule has 4 N–H and O–H groups in total. The number of carbonyl (C=O) groups is 1. The lowest BCUT2D eigenvalue weighted by molar-refractivity contribution is -0.114. The zero-order valence-corrected chi connectivity index (χ0v) is 6.72. The second-order valence-electron chi connectivity index (χ2n) is 2.11. The highest BCUT2D eigenvalue weighted by Crippen LogP contribution is 1.78. The summed E-state index contributed by atoms with van der Waals surface area (Å²) in [6.45, 7) is 4.85. The van der Waals surface area contributed by atoms with Crippen molar-refractivity contribution in [3.05, 3.63) is 12.2 Å². The molecular formula is C6H15N3O. The van der Waals surface area contributed by atoms with Crippen LogP contribution in [0.5, 0.6) is 0 Å². The van der Waals surface area contributed by atoms with Crippen LogP contribution in [0.25, 0.3) is 0 Å². The number of rotatable bonds is 1. The number of hydrogen-bond acceptors (Lipinski definition) is 3. The predicted molar refractivity (Wildman–Crippen MR) is 41.9 cm³/mol. The van der Waals surface area contributed by atoms with Crippen LogP contribution in [0.4, 0.5) is 0 Å². The third kappa shape index (κ3) is 27.3. The fourth-order valence-corrected chi connectivity index (χ4v) is 0. The number of hydrogen-bond donors (Lipinski definition) is 2. The van der Waals surface area contributed by atoms with Gasteiger partial charge in [0, 0.05) is 19.7 Å². The van der Waals surface area contributed by atoms with Gasteiger partial charge in [-0.25, -0.2) is 0 Å². The van der Waals surface area contributed by atoms with Crippen molar-refractivity contribution in [2.24, 2.45) is 11.6 Å². The molecule has 4 heteroatoms.